The molecular weight excluding hydrogens is 905 g/mol. The zero-order chi connectivity index (χ0) is 48.5. The fourth-order valence-electron chi connectivity index (χ4n) is 13.1. The van der Waals surface area contributed by atoms with Gasteiger partial charge in [-0.2, -0.15) is 0 Å². The molecule has 0 saturated heterocycles. The van der Waals surface area contributed by atoms with E-state index in [9.17, 15) is 0 Å². The van der Waals surface area contributed by atoms with Gasteiger partial charge in [0.2, 0.25) is 0 Å². The number of rotatable bonds is 6. The average molecular weight is 947 g/mol. The zero-order valence-corrected chi connectivity index (χ0v) is 40.4. The molecule has 11 aromatic carbocycles. The first-order valence-corrected chi connectivity index (χ1v) is 25.4. The number of para-hydroxylation sites is 8. The number of hydrogen-bond acceptors (Lipinski definition) is 4. The van der Waals surface area contributed by atoms with Crippen LogP contribution in [-0.2, 0) is 0 Å². The van der Waals surface area contributed by atoms with Crippen molar-refractivity contribution in [2.45, 2.75) is 13.8 Å². The number of nitrogens with zero attached hydrogens (tertiary/aromatic N) is 4. The predicted octanol–water partition coefficient (Wildman–Crippen LogP) is 19.3. The van der Waals surface area contributed by atoms with Crippen LogP contribution in [0.1, 0.15) is 11.1 Å². The van der Waals surface area contributed by atoms with Crippen molar-refractivity contribution in [1.82, 2.24) is 8.80 Å². The van der Waals surface area contributed by atoms with Crippen LogP contribution >= 0.6 is 0 Å². The highest BCUT2D eigenvalue weighted by Crippen LogP contribution is 2.53. The van der Waals surface area contributed by atoms with E-state index in [4.69, 9.17) is 8.83 Å². The van der Waals surface area contributed by atoms with E-state index in [0.29, 0.717) is 0 Å². The fraction of sp³-hybridized carbons (Fsp3) is 0.0294. The third kappa shape index (κ3) is 5.08. The molecule has 0 aliphatic carbocycles. The average Bonchev–Trinajstić information content (AvgIpc) is 4.29. The Morgan fingerprint density at radius 3 is 1.12 bits per heavy atom. The SMILES string of the molecule is Cc1ccccc1N(c1cccc2c1oc1ccccc12)c1ccc2c3cc4c(cc3n3c5ccccc5c1c23)c1ccc(N(c2ccccc2C)c2cccc3c2oc2ccccc23)c2c3ccccc3n4c12. The molecule has 0 unspecified atom stereocenters. The van der Waals surface area contributed by atoms with Crippen molar-refractivity contribution >= 4 is 154 Å². The Hall–Kier alpha value is -9.78. The van der Waals surface area contributed by atoms with Crippen LogP contribution in [0.2, 0.25) is 0 Å². The standard InChI is InChI=1S/C68H42N4O2/c1-39-17-3-9-25-51(39)69(57-29-15-23-45-41-19-7-13-31-61(41)73-67(45)57)55-35-33-43-49-37-60-50(38-59(49)71-53-27-11-5-21-47(53)63(55)65(43)71)44-34-36-56(64-48-22-6-12-28-54(48)72(60)66(44)64)70(52-26-10-4-18-40(52)2)58-30-16-24-46-42-20-8-14-32-62(42)74-68(46)58/h3-38H,1-2H3. The highest BCUT2D eigenvalue weighted by molar-refractivity contribution is 6.32. The van der Waals surface area contributed by atoms with Gasteiger partial charge in [0.25, 0.3) is 0 Å². The van der Waals surface area contributed by atoms with E-state index in [1.165, 1.54) is 87.3 Å². The summed E-state index contributed by atoms with van der Waals surface area (Å²) in [5, 5.41) is 14.1. The molecule has 0 atom stereocenters. The third-order valence-corrected chi connectivity index (χ3v) is 16.2. The summed E-state index contributed by atoms with van der Waals surface area (Å²) in [5.41, 5.74) is 19.5. The van der Waals surface area contributed by atoms with Gasteiger partial charge in [-0.3, -0.25) is 0 Å². The first-order valence-electron chi connectivity index (χ1n) is 25.4. The molecule has 17 aromatic rings. The van der Waals surface area contributed by atoms with E-state index >= 15 is 0 Å². The minimum Gasteiger partial charge on any atom is -0.454 e. The molecule has 74 heavy (non-hydrogen) atoms. The number of aromatic nitrogens is 2. The molecular formula is C68H42N4O2. The molecule has 0 aliphatic rings. The van der Waals surface area contributed by atoms with Crippen LogP contribution in [0, 0.1) is 13.8 Å². The molecule has 0 aliphatic heterocycles. The maximum atomic E-state index is 6.80. The van der Waals surface area contributed by atoms with Gasteiger partial charge in [0.15, 0.2) is 11.2 Å². The largest absolute Gasteiger partial charge is 0.454 e. The lowest BCUT2D eigenvalue weighted by atomic mass is 10.0. The number of hydrogen-bond donors (Lipinski definition) is 0. The maximum Gasteiger partial charge on any atom is 0.159 e. The minimum absolute atomic E-state index is 0.869. The monoisotopic (exact) mass is 946 g/mol. The molecule has 6 heterocycles. The van der Waals surface area contributed by atoms with E-state index in [1.807, 2.05) is 12.1 Å². The maximum absolute atomic E-state index is 6.80. The van der Waals surface area contributed by atoms with Crippen LogP contribution in [0.15, 0.2) is 227 Å². The summed E-state index contributed by atoms with van der Waals surface area (Å²) in [6, 6.07) is 79.5. The first kappa shape index (κ1) is 39.9. The lowest BCUT2D eigenvalue weighted by Gasteiger charge is -2.28. The Morgan fingerprint density at radius 1 is 0.284 bits per heavy atom. The summed E-state index contributed by atoms with van der Waals surface area (Å²) in [7, 11) is 0. The van der Waals surface area contributed by atoms with Crippen molar-refractivity contribution in [2.75, 3.05) is 9.80 Å². The Balaban J connectivity index is 0.956. The molecule has 0 N–H and O–H groups in total. The van der Waals surface area contributed by atoms with E-state index in [2.05, 4.69) is 239 Å². The minimum atomic E-state index is 0.869. The van der Waals surface area contributed by atoms with Crippen molar-refractivity contribution in [3.05, 3.63) is 230 Å². The Kier molecular flexibility index (Phi) is 7.78. The molecule has 6 heteroatoms. The summed E-state index contributed by atoms with van der Waals surface area (Å²) in [4.78, 5) is 4.87. The Morgan fingerprint density at radius 2 is 0.662 bits per heavy atom. The molecule has 0 saturated carbocycles. The van der Waals surface area contributed by atoms with Crippen molar-refractivity contribution in [3.63, 3.8) is 0 Å². The second-order valence-corrected chi connectivity index (χ2v) is 20.1. The summed E-state index contributed by atoms with van der Waals surface area (Å²) >= 11 is 0. The highest BCUT2D eigenvalue weighted by Gasteiger charge is 2.30. The number of benzene rings is 11. The van der Waals surface area contributed by atoms with Crippen LogP contribution in [0.3, 0.4) is 0 Å². The van der Waals surface area contributed by atoms with Gasteiger partial charge in [0.1, 0.15) is 11.2 Å². The van der Waals surface area contributed by atoms with Gasteiger partial charge in [0.05, 0.1) is 55.8 Å². The molecule has 0 amide bonds. The Bertz CT molecular complexity index is 4880. The lowest BCUT2D eigenvalue weighted by Crippen LogP contribution is -2.12. The fourth-order valence-corrected chi connectivity index (χ4v) is 13.1. The van der Waals surface area contributed by atoms with Gasteiger partial charge in [-0.25, -0.2) is 0 Å². The Labute approximate surface area is 423 Å². The van der Waals surface area contributed by atoms with E-state index in [-0.39, 0.29) is 0 Å². The van der Waals surface area contributed by atoms with Gasteiger partial charge < -0.3 is 27.4 Å². The summed E-state index contributed by atoms with van der Waals surface area (Å²) in [6.07, 6.45) is 0. The van der Waals surface area contributed by atoms with Crippen molar-refractivity contribution in [2.24, 2.45) is 0 Å². The quantitative estimate of drug-likeness (QED) is 0.167. The number of aryl methyl sites for hydroxylation is 2. The summed E-state index contributed by atoms with van der Waals surface area (Å²) in [5.74, 6) is 0. The van der Waals surface area contributed by atoms with Gasteiger partial charge in [-0.1, -0.05) is 146 Å². The molecule has 0 radical (unpaired) electrons. The number of furan rings is 2. The number of anilines is 6. The van der Waals surface area contributed by atoms with Crippen LogP contribution in [0.25, 0.3) is 120 Å². The van der Waals surface area contributed by atoms with E-state index in [1.54, 1.807) is 0 Å². The van der Waals surface area contributed by atoms with E-state index in [0.717, 1.165) is 78.0 Å². The summed E-state index contributed by atoms with van der Waals surface area (Å²) < 4.78 is 18.7. The summed E-state index contributed by atoms with van der Waals surface area (Å²) in [6.45, 7) is 4.41. The van der Waals surface area contributed by atoms with Crippen molar-refractivity contribution < 1.29 is 8.83 Å². The van der Waals surface area contributed by atoms with Crippen LogP contribution < -0.4 is 9.80 Å². The first-order chi connectivity index (χ1) is 36.6. The van der Waals surface area contributed by atoms with Gasteiger partial charge in [-0.05, 0) is 97.8 Å². The van der Waals surface area contributed by atoms with Crippen LogP contribution in [0.4, 0.5) is 34.1 Å². The van der Waals surface area contributed by atoms with Crippen LogP contribution in [-0.4, -0.2) is 8.80 Å². The molecule has 6 aromatic heterocycles. The third-order valence-electron chi connectivity index (χ3n) is 16.2. The molecule has 17 rings (SSSR count). The van der Waals surface area contributed by atoms with Gasteiger partial charge in [-0.15, -0.1) is 0 Å². The smallest absolute Gasteiger partial charge is 0.159 e. The topological polar surface area (TPSA) is 41.6 Å². The zero-order valence-electron chi connectivity index (χ0n) is 40.4. The van der Waals surface area contributed by atoms with Gasteiger partial charge >= 0.3 is 0 Å². The molecule has 0 spiro atoms. The predicted molar refractivity (Wildman–Crippen MR) is 309 cm³/mol. The normalized spacial score (nSPS) is 12.5. The van der Waals surface area contributed by atoms with Crippen molar-refractivity contribution in [3.8, 4) is 0 Å². The van der Waals surface area contributed by atoms with Gasteiger partial charge in [0, 0.05) is 76.0 Å². The van der Waals surface area contributed by atoms with Crippen molar-refractivity contribution in [1.29, 1.82) is 0 Å². The molecule has 6 nitrogen and oxygen atoms in total. The lowest BCUT2D eigenvalue weighted by molar-refractivity contribution is 0.668. The number of fused-ring (bicyclic) bond motifs is 18. The second-order valence-electron chi connectivity index (χ2n) is 20.1. The molecule has 0 fully saturated rings. The van der Waals surface area contributed by atoms with Crippen LogP contribution in [0.5, 0.6) is 0 Å². The van der Waals surface area contributed by atoms with E-state index < -0.39 is 0 Å². The molecule has 346 valence electrons. The highest BCUT2D eigenvalue weighted by atomic mass is 16.3. The molecule has 0 bridgehead atoms. The second kappa shape index (κ2) is 14.4.